The Kier molecular flexibility index (Phi) is 7.60. The lowest BCUT2D eigenvalue weighted by Gasteiger charge is -2.32. The molecule has 2 saturated heterocycles. The molecule has 2 unspecified atom stereocenters. The number of imidazole rings is 1. The maximum atomic E-state index is 14.0. The summed E-state index contributed by atoms with van der Waals surface area (Å²) in [6.45, 7) is 3.35. The van der Waals surface area contributed by atoms with Gasteiger partial charge in [0.15, 0.2) is 5.82 Å². The van der Waals surface area contributed by atoms with Crippen molar-refractivity contribution in [3.63, 3.8) is 0 Å². The van der Waals surface area contributed by atoms with Crippen molar-refractivity contribution in [1.29, 1.82) is 0 Å². The SMILES string of the molecule is COc1cc(C(=O)N2CC3CCC2[C@@H]3N)cc2nc(-c3cc4cccnc4n3CC3CC3)n(CC3CCN(C(=O)c4ccnc(F)c4)CC3)c12. The minimum Gasteiger partial charge on any atom is -0.494 e. The van der Waals surface area contributed by atoms with Crippen LogP contribution in [-0.2, 0) is 13.1 Å². The number of piperidine rings is 2. The first-order chi connectivity index (χ1) is 24.4. The molecule has 4 aliphatic rings. The van der Waals surface area contributed by atoms with Crippen LogP contribution in [0.15, 0.2) is 54.9 Å². The molecule has 50 heavy (non-hydrogen) atoms. The van der Waals surface area contributed by atoms with Crippen molar-refractivity contribution >= 4 is 33.9 Å². The molecule has 11 nitrogen and oxygen atoms in total. The number of carbonyl (C=O) groups is 2. The zero-order chi connectivity index (χ0) is 34.1. The number of benzene rings is 1. The van der Waals surface area contributed by atoms with Gasteiger partial charge in [-0.25, -0.2) is 15.0 Å². The third-order valence-electron chi connectivity index (χ3n) is 11.5. The van der Waals surface area contributed by atoms with Crippen LogP contribution in [0.1, 0.15) is 59.2 Å². The molecule has 0 spiro atoms. The summed E-state index contributed by atoms with van der Waals surface area (Å²) in [4.78, 5) is 44.6. The molecule has 3 atom stereocenters. The zero-order valence-electron chi connectivity index (χ0n) is 28.2. The van der Waals surface area contributed by atoms with E-state index in [4.69, 9.17) is 20.4 Å². The highest BCUT2D eigenvalue weighted by atomic mass is 19.1. The Morgan fingerprint density at radius 2 is 1.70 bits per heavy atom. The number of ether oxygens (including phenoxy) is 1. The molecule has 1 aromatic carbocycles. The molecule has 2 amide bonds. The largest absolute Gasteiger partial charge is 0.494 e. The molecule has 6 heterocycles. The van der Waals surface area contributed by atoms with Crippen molar-refractivity contribution in [3.8, 4) is 17.3 Å². The summed E-state index contributed by atoms with van der Waals surface area (Å²) in [6, 6.07) is 12.9. The van der Waals surface area contributed by atoms with E-state index in [2.05, 4.69) is 26.3 Å². The van der Waals surface area contributed by atoms with Gasteiger partial charge in [-0.2, -0.15) is 4.39 Å². The van der Waals surface area contributed by atoms with Crippen molar-refractivity contribution in [2.75, 3.05) is 26.7 Å². The normalized spacial score (nSPS) is 22.3. The highest BCUT2D eigenvalue weighted by molar-refractivity contribution is 6.00. The van der Waals surface area contributed by atoms with Gasteiger partial charge in [0.25, 0.3) is 11.8 Å². The molecule has 2 bridgehead atoms. The smallest absolute Gasteiger partial charge is 0.254 e. The highest BCUT2D eigenvalue weighted by Gasteiger charge is 2.47. The number of likely N-dealkylation sites (tertiary alicyclic amines) is 2. The van der Waals surface area contributed by atoms with Crippen LogP contribution in [0.3, 0.4) is 0 Å². The Labute approximate surface area is 289 Å². The Bertz CT molecular complexity index is 2130. The third kappa shape index (κ3) is 5.31. The van der Waals surface area contributed by atoms with E-state index in [-0.39, 0.29) is 29.8 Å². The number of nitrogens with zero attached hydrogens (tertiary/aromatic N) is 7. The number of pyridine rings is 2. The van der Waals surface area contributed by atoms with Gasteiger partial charge in [-0.1, -0.05) is 0 Å². The molecule has 2 aliphatic heterocycles. The number of fused-ring (bicyclic) bond motifs is 4. The van der Waals surface area contributed by atoms with E-state index in [0.717, 1.165) is 60.3 Å². The lowest BCUT2D eigenvalue weighted by molar-refractivity contribution is 0.0680. The monoisotopic (exact) mass is 676 g/mol. The van der Waals surface area contributed by atoms with Crippen LogP contribution in [0, 0.1) is 23.7 Å². The first kappa shape index (κ1) is 31.2. The predicted molar refractivity (Wildman–Crippen MR) is 186 cm³/mol. The number of hydrogen-bond donors (Lipinski definition) is 1. The van der Waals surface area contributed by atoms with E-state index < -0.39 is 5.95 Å². The summed E-state index contributed by atoms with van der Waals surface area (Å²) >= 11 is 0. The summed E-state index contributed by atoms with van der Waals surface area (Å²) in [5.74, 6) is 1.77. The van der Waals surface area contributed by atoms with Crippen LogP contribution in [0.4, 0.5) is 4.39 Å². The maximum Gasteiger partial charge on any atom is 0.254 e. The number of methoxy groups -OCH3 is 1. The zero-order valence-corrected chi connectivity index (χ0v) is 28.2. The fourth-order valence-corrected chi connectivity index (χ4v) is 8.64. The summed E-state index contributed by atoms with van der Waals surface area (Å²) < 4.78 is 24.4. The van der Waals surface area contributed by atoms with Crippen molar-refractivity contribution in [3.05, 3.63) is 71.9 Å². The van der Waals surface area contributed by atoms with Gasteiger partial charge in [0.2, 0.25) is 5.95 Å². The first-order valence-corrected chi connectivity index (χ1v) is 17.9. The summed E-state index contributed by atoms with van der Waals surface area (Å²) in [6.07, 6.45) is 9.15. The van der Waals surface area contributed by atoms with Crippen molar-refractivity contribution in [2.24, 2.45) is 23.5 Å². The first-order valence-electron chi connectivity index (χ1n) is 17.9. The highest BCUT2D eigenvalue weighted by Crippen LogP contribution is 2.41. The number of aromatic nitrogens is 5. The van der Waals surface area contributed by atoms with Gasteiger partial charge in [-0.3, -0.25) is 9.59 Å². The molecule has 2 N–H and O–H groups in total. The Balaban J connectivity index is 1.10. The summed E-state index contributed by atoms with van der Waals surface area (Å²) in [5.41, 5.74) is 10.8. The van der Waals surface area contributed by atoms with Crippen molar-refractivity contribution in [1.82, 2.24) is 33.9 Å². The van der Waals surface area contributed by atoms with E-state index >= 15 is 0 Å². The molecular formula is C38H41FN8O3. The van der Waals surface area contributed by atoms with E-state index in [9.17, 15) is 14.0 Å². The van der Waals surface area contributed by atoms with Gasteiger partial charge in [0, 0.05) is 79.8 Å². The molecule has 12 heteroatoms. The lowest BCUT2D eigenvalue weighted by Crippen LogP contribution is -2.41. The van der Waals surface area contributed by atoms with Gasteiger partial charge in [-0.05, 0) is 92.7 Å². The van der Waals surface area contributed by atoms with Crippen LogP contribution in [0.25, 0.3) is 33.6 Å². The minimum atomic E-state index is -0.658. The molecule has 4 fully saturated rings. The van der Waals surface area contributed by atoms with Crippen molar-refractivity contribution < 1.29 is 18.7 Å². The fourth-order valence-electron chi connectivity index (χ4n) is 8.64. The molecule has 2 aliphatic carbocycles. The second-order valence-corrected chi connectivity index (χ2v) is 14.6. The van der Waals surface area contributed by atoms with Crippen LogP contribution in [-0.4, -0.2) is 84.5 Å². The van der Waals surface area contributed by atoms with Crippen LogP contribution < -0.4 is 10.5 Å². The Morgan fingerprint density at radius 3 is 2.42 bits per heavy atom. The van der Waals surface area contributed by atoms with Crippen LogP contribution in [0.5, 0.6) is 5.75 Å². The third-order valence-corrected chi connectivity index (χ3v) is 11.5. The number of rotatable bonds is 8. The summed E-state index contributed by atoms with van der Waals surface area (Å²) in [7, 11) is 1.65. The van der Waals surface area contributed by atoms with E-state index in [1.54, 1.807) is 18.1 Å². The number of halogens is 1. The fraction of sp³-hybridized carbons (Fsp3) is 0.447. The molecule has 5 aromatic rings. The van der Waals surface area contributed by atoms with Gasteiger partial charge in [0.05, 0.1) is 18.3 Å². The quantitative estimate of drug-likeness (QED) is 0.226. The van der Waals surface area contributed by atoms with Crippen molar-refractivity contribution in [2.45, 2.75) is 63.7 Å². The van der Waals surface area contributed by atoms with Crippen LogP contribution in [0.2, 0.25) is 0 Å². The maximum absolute atomic E-state index is 14.0. The molecule has 4 aromatic heterocycles. The summed E-state index contributed by atoms with van der Waals surface area (Å²) in [5, 5.41) is 1.06. The second-order valence-electron chi connectivity index (χ2n) is 14.6. The van der Waals surface area contributed by atoms with Gasteiger partial charge < -0.3 is 29.4 Å². The van der Waals surface area contributed by atoms with Gasteiger partial charge in [0.1, 0.15) is 16.9 Å². The average Bonchev–Trinajstić information content (AvgIpc) is 3.50. The predicted octanol–water partition coefficient (Wildman–Crippen LogP) is 5.12. The molecule has 258 valence electrons. The molecular weight excluding hydrogens is 635 g/mol. The minimum absolute atomic E-state index is 0.0258. The number of carbonyl (C=O) groups excluding carboxylic acids is 2. The number of nitrogens with two attached hydrogens (primary N) is 1. The average molecular weight is 677 g/mol. The van der Waals surface area contributed by atoms with E-state index in [1.165, 1.54) is 25.1 Å². The van der Waals surface area contributed by atoms with E-state index in [1.807, 2.05) is 29.3 Å². The van der Waals surface area contributed by atoms with E-state index in [0.29, 0.717) is 60.4 Å². The Morgan fingerprint density at radius 1 is 0.900 bits per heavy atom. The van der Waals surface area contributed by atoms with Gasteiger partial charge >= 0.3 is 0 Å². The molecule has 9 rings (SSSR count). The number of amides is 2. The standard InChI is InChI=1S/C38H41FN8O3/c1-50-31-17-27(38(49)46-21-26-6-7-29(46)33(26)40)15-28-34(31)47(20-23-9-13-44(14-10-23)37(48)25-8-12-41-32(39)18-25)36(43-28)30-16-24-3-2-11-42-35(24)45(30)19-22-4-5-22/h2-3,8,11-12,15-18,22-23,26,29,33H,4-7,9-10,13-14,19-21,40H2,1H3/t26?,29?,33-/m1/s1. The molecule has 2 saturated carbocycles. The molecule has 0 radical (unpaired) electrons. The lowest BCUT2D eigenvalue weighted by atomic mass is 9.96. The van der Waals surface area contributed by atoms with Crippen LogP contribution >= 0.6 is 0 Å². The Hall–Kier alpha value is -4.84. The van der Waals surface area contributed by atoms with Gasteiger partial charge in [-0.15, -0.1) is 0 Å². The topological polar surface area (TPSA) is 124 Å². The number of hydrogen-bond acceptors (Lipinski definition) is 7. The second kappa shape index (κ2) is 12.2.